The fourth-order valence-corrected chi connectivity index (χ4v) is 5.69. The van der Waals surface area contributed by atoms with Gasteiger partial charge < -0.3 is 10.0 Å². The SMILES string of the molecule is O=C(O)c1ccc(N(Cc2ccccc2)C(=O)CN(Cc2ccc(Cl)cc2)S(=O)(=O)c2c(F)c(F)c(F)c(F)c2F)cc1. The highest BCUT2D eigenvalue weighted by Crippen LogP contribution is 2.30. The van der Waals surface area contributed by atoms with Gasteiger partial charge in [-0.25, -0.2) is 35.2 Å². The van der Waals surface area contributed by atoms with Crippen LogP contribution in [0.3, 0.4) is 0 Å². The molecule has 0 atom stereocenters. The van der Waals surface area contributed by atoms with Gasteiger partial charge in [0, 0.05) is 17.3 Å². The Labute approximate surface area is 247 Å². The smallest absolute Gasteiger partial charge is 0.335 e. The van der Waals surface area contributed by atoms with E-state index in [4.69, 9.17) is 11.6 Å². The molecule has 0 aliphatic rings. The second-order valence-electron chi connectivity index (χ2n) is 9.12. The van der Waals surface area contributed by atoms with Crippen molar-refractivity contribution in [3.8, 4) is 0 Å². The van der Waals surface area contributed by atoms with Crippen LogP contribution in [0.25, 0.3) is 0 Å². The lowest BCUT2D eigenvalue weighted by atomic mass is 10.1. The number of amides is 1. The number of carboxylic acid groups (broad SMARTS) is 1. The Kier molecular flexibility index (Phi) is 9.48. The zero-order valence-corrected chi connectivity index (χ0v) is 23.3. The van der Waals surface area contributed by atoms with Gasteiger partial charge >= 0.3 is 5.97 Å². The second-order valence-corrected chi connectivity index (χ2v) is 11.4. The molecule has 1 amide bonds. The maximum Gasteiger partial charge on any atom is 0.335 e. The lowest BCUT2D eigenvalue weighted by Gasteiger charge is -2.28. The third-order valence-electron chi connectivity index (χ3n) is 6.26. The van der Waals surface area contributed by atoms with Crippen LogP contribution in [0.5, 0.6) is 0 Å². The van der Waals surface area contributed by atoms with E-state index in [2.05, 4.69) is 0 Å². The molecule has 0 fully saturated rings. The first-order valence-electron chi connectivity index (χ1n) is 12.2. The summed E-state index contributed by atoms with van der Waals surface area (Å²) in [7, 11) is -5.56. The molecule has 0 aliphatic carbocycles. The van der Waals surface area contributed by atoms with Gasteiger partial charge in [0.15, 0.2) is 28.2 Å². The monoisotopic (exact) mass is 638 g/mol. The minimum absolute atomic E-state index is 0.103. The van der Waals surface area contributed by atoms with E-state index in [1.165, 1.54) is 48.5 Å². The quantitative estimate of drug-likeness (QED) is 0.128. The van der Waals surface area contributed by atoms with Crippen molar-refractivity contribution in [3.63, 3.8) is 0 Å². The van der Waals surface area contributed by atoms with Crippen molar-refractivity contribution in [3.05, 3.63) is 130 Å². The van der Waals surface area contributed by atoms with Crippen molar-refractivity contribution in [1.29, 1.82) is 0 Å². The highest BCUT2D eigenvalue weighted by Gasteiger charge is 2.38. The van der Waals surface area contributed by atoms with Crippen LogP contribution < -0.4 is 4.90 Å². The Balaban J connectivity index is 1.80. The molecule has 0 spiro atoms. The third-order valence-corrected chi connectivity index (χ3v) is 8.33. The fraction of sp³-hybridized carbons (Fsp3) is 0.103. The number of anilines is 1. The Morgan fingerprint density at radius 1 is 0.698 bits per heavy atom. The minimum Gasteiger partial charge on any atom is -0.478 e. The van der Waals surface area contributed by atoms with Crippen molar-refractivity contribution in [2.45, 2.75) is 18.0 Å². The molecule has 4 rings (SSSR count). The van der Waals surface area contributed by atoms with Crippen molar-refractivity contribution < 1.29 is 45.1 Å². The molecule has 224 valence electrons. The van der Waals surface area contributed by atoms with Crippen LogP contribution in [0.4, 0.5) is 27.6 Å². The Morgan fingerprint density at radius 3 is 1.74 bits per heavy atom. The molecule has 0 bridgehead atoms. The molecule has 14 heteroatoms. The van der Waals surface area contributed by atoms with Crippen LogP contribution in [-0.4, -0.2) is 36.3 Å². The van der Waals surface area contributed by atoms with E-state index in [0.717, 1.165) is 4.90 Å². The largest absolute Gasteiger partial charge is 0.478 e. The molecule has 0 saturated carbocycles. The first-order chi connectivity index (χ1) is 20.3. The number of sulfonamides is 1. The highest BCUT2D eigenvalue weighted by atomic mass is 35.5. The standard InChI is InChI=1S/C29H20ClF5N2O5S/c30-20-10-6-18(7-11-20)14-36(43(41,42)28-26(34)24(32)23(31)25(33)27(28)35)16-22(38)37(15-17-4-2-1-3-5-17)21-12-8-19(9-13-21)29(39)40/h1-13H,14-16H2,(H,39,40). The number of halogens is 6. The fourth-order valence-electron chi connectivity index (χ4n) is 4.07. The van der Waals surface area contributed by atoms with Crippen molar-refractivity contribution >= 4 is 39.2 Å². The number of carboxylic acids is 1. The van der Waals surface area contributed by atoms with Gasteiger partial charge in [-0.1, -0.05) is 54.1 Å². The molecular weight excluding hydrogens is 619 g/mol. The minimum atomic E-state index is -5.56. The summed E-state index contributed by atoms with van der Waals surface area (Å²) < 4.78 is 98.6. The van der Waals surface area contributed by atoms with E-state index in [9.17, 15) is 45.1 Å². The molecule has 0 aliphatic heterocycles. The van der Waals surface area contributed by atoms with Crippen LogP contribution in [0.2, 0.25) is 5.02 Å². The number of nitrogens with zero attached hydrogens (tertiary/aromatic N) is 2. The predicted molar refractivity (Wildman–Crippen MR) is 146 cm³/mol. The zero-order chi connectivity index (χ0) is 31.5. The molecule has 7 nitrogen and oxygen atoms in total. The molecule has 43 heavy (non-hydrogen) atoms. The van der Waals surface area contributed by atoms with Gasteiger partial charge in [-0.2, -0.15) is 4.31 Å². The number of hydrogen-bond acceptors (Lipinski definition) is 4. The normalized spacial score (nSPS) is 11.5. The molecule has 4 aromatic rings. The van der Waals surface area contributed by atoms with E-state index in [1.54, 1.807) is 30.3 Å². The molecular formula is C29H20ClF5N2O5S. The first-order valence-corrected chi connectivity index (χ1v) is 14.1. The van der Waals surface area contributed by atoms with Gasteiger partial charge in [0.1, 0.15) is 0 Å². The topological polar surface area (TPSA) is 95.0 Å². The molecule has 0 saturated heterocycles. The Bertz CT molecular complexity index is 1750. The maximum absolute atomic E-state index is 14.7. The van der Waals surface area contributed by atoms with E-state index >= 15 is 0 Å². The summed E-state index contributed by atoms with van der Waals surface area (Å²) in [5.41, 5.74) is 0.781. The lowest BCUT2D eigenvalue weighted by Crippen LogP contribution is -2.43. The van der Waals surface area contributed by atoms with E-state index in [0.29, 0.717) is 5.56 Å². The van der Waals surface area contributed by atoms with E-state index in [-0.39, 0.29) is 32.7 Å². The summed E-state index contributed by atoms with van der Waals surface area (Å²) in [6.45, 7) is -1.98. The number of benzene rings is 4. The Hall–Kier alpha value is -4.33. The summed E-state index contributed by atoms with van der Waals surface area (Å²) >= 11 is 5.88. The molecule has 1 N–H and O–H groups in total. The summed E-state index contributed by atoms with van der Waals surface area (Å²) in [6, 6.07) is 18.8. The van der Waals surface area contributed by atoms with Crippen LogP contribution in [0.1, 0.15) is 21.5 Å². The molecule has 0 heterocycles. The van der Waals surface area contributed by atoms with Gasteiger partial charge in [0.05, 0.1) is 18.7 Å². The molecule has 4 aromatic carbocycles. The first kappa shape index (κ1) is 31.6. The van der Waals surface area contributed by atoms with Crippen LogP contribution in [-0.2, 0) is 27.9 Å². The molecule has 0 aromatic heterocycles. The Morgan fingerprint density at radius 2 is 1.21 bits per heavy atom. The number of hydrogen-bond donors (Lipinski definition) is 1. The van der Waals surface area contributed by atoms with Gasteiger partial charge in [-0.3, -0.25) is 4.79 Å². The van der Waals surface area contributed by atoms with Crippen LogP contribution in [0, 0.1) is 29.1 Å². The number of aromatic carboxylic acids is 1. The van der Waals surface area contributed by atoms with E-state index < -0.39 is 69.0 Å². The van der Waals surface area contributed by atoms with Crippen molar-refractivity contribution in [1.82, 2.24) is 4.31 Å². The number of carbonyl (C=O) groups is 2. The average molecular weight is 639 g/mol. The molecule has 0 radical (unpaired) electrons. The lowest BCUT2D eigenvalue weighted by molar-refractivity contribution is -0.119. The average Bonchev–Trinajstić information content (AvgIpc) is 2.99. The summed E-state index contributed by atoms with van der Waals surface area (Å²) in [6.07, 6.45) is 0. The highest BCUT2D eigenvalue weighted by molar-refractivity contribution is 7.89. The summed E-state index contributed by atoms with van der Waals surface area (Å²) in [4.78, 5) is 24.0. The van der Waals surface area contributed by atoms with Gasteiger partial charge in [0.25, 0.3) is 0 Å². The van der Waals surface area contributed by atoms with Crippen LogP contribution in [0.15, 0.2) is 83.8 Å². The van der Waals surface area contributed by atoms with Crippen molar-refractivity contribution in [2.75, 3.05) is 11.4 Å². The van der Waals surface area contributed by atoms with Crippen molar-refractivity contribution in [2.24, 2.45) is 0 Å². The van der Waals surface area contributed by atoms with Gasteiger partial charge in [0.2, 0.25) is 21.7 Å². The third kappa shape index (κ3) is 6.85. The van der Waals surface area contributed by atoms with Gasteiger partial charge in [-0.05, 0) is 47.5 Å². The maximum atomic E-state index is 14.7. The summed E-state index contributed by atoms with van der Waals surface area (Å²) in [5.74, 6) is -14.9. The van der Waals surface area contributed by atoms with E-state index in [1.807, 2.05) is 0 Å². The predicted octanol–water partition coefficient (Wildman–Crippen LogP) is 6.16. The second kappa shape index (κ2) is 12.9. The molecule has 0 unspecified atom stereocenters. The summed E-state index contributed by atoms with van der Waals surface area (Å²) in [5, 5.41) is 9.49. The number of rotatable bonds is 10. The van der Waals surface area contributed by atoms with Gasteiger partial charge in [-0.15, -0.1) is 0 Å². The number of carbonyl (C=O) groups excluding carboxylic acids is 1. The van der Waals surface area contributed by atoms with Crippen LogP contribution >= 0.6 is 11.6 Å². The zero-order valence-electron chi connectivity index (χ0n) is 21.8.